The van der Waals surface area contributed by atoms with Crippen LogP contribution in [0.2, 0.25) is 0 Å². The van der Waals surface area contributed by atoms with E-state index >= 15 is 0 Å². The van der Waals surface area contributed by atoms with Gasteiger partial charge in [0.1, 0.15) is 17.5 Å². The summed E-state index contributed by atoms with van der Waals surface area (Å²) >= 11 is -0.750. The molecule has 46 heavy (non-hydrogen) atoms. The number of aryl methyl sites for hydroxylation is 1. The van der Waals surface area contributed by atoms with E-state index in [-0.39, 0.29) is 24.0 Å². The molecule has 0 radical (unpaired) electrons. The number of ether oxygens (including phenoxy) is 1. The van der Waals surface area contributed by atoms with Crippen molar-refractivity contribution < 1.29 is 22.7 Å². The second-order valence-corrected chi connectivity index (χ2v) is 12.4. The molecule has 3 fully saturated rings. The van der Waals surface area contributed by atoms with Gasteiger partial charge in [0.05, 0.1) is 5.56 Å². The zero-order valence-electron chi connectivity index (χ0n) is 26.4. The molecular formula is C35H43N5O5S. The summed E-state index contributed by atoms with van der Waals surface area (Å²) in [5.74, 6) is 0.646. The zero-order valence-corrected chi connectivity index (χ0v) is 27.3. The van der Waals surface area contributed by atoms with Crippen LogP contribution in [-0.2, 0) is 18.1 Å². The average Bonchev–Trinajstić information content (AvgIpc) is 3.63. The van der Waals surface area contributed by atoms with Crippen LogP contribution in [0.4, 0.5) is 5.69 Å². The molecule has 4 heterocycles. The molecule has 3 aliphatic heterocycles. The van der Waals surface area contributed by atoms with Crippen LogP contribution in [0.3, 0.4) is 0 Å². The number of hydrogen-bond acceptors (Lipinski definition) is 8. The van der Waals surface area contributed by atoms with Gasteiger partial charge in [-0.25, -0.2) is 0 Å². The summed E-state index contributed by atoms with van der Waals surface area (Å²) in [7, 11) is 0. The van der Waals surface area contributed by atoms with E-state index < -0.39 is 11.6 Å². The Morgan fingerprint density at radius 3 is 2.11 bits per heavy atom. The normalized spacial score (nSPS) is 17.6. The van der Waals surface area contributed by atoms with Crippen LogP contribution in [-0.4, -0.2) is 86.4 Å². The fourth-order valence-electron chi connectivity index (χ4n) is 6.36. The summed E-state index contributed by atoms with van der Waals surface area (Å²) in [6.45, 7) is 8.51. The van der Waals surface area contributed by atoms with E-state index in [2.05, 4.69) is 51.3 Å². The lowest BCUT2D eigenvalue weighted by Gasteiger charge is -2.32. The minimum absolute atomic E-state index is 0.0497. The minimum atomic E-state index is -0.750. The molecule has 0 aliphatic carbocycles. The Morgan fingerprint density at radius 2 is 1.50 bits per heavy atom. The quantitative estimate of drug-likeness (QED) is 0.384. The molecule has 0 bridgehead atoms. The highest BCUT2D eigenvalue weighted by Gasteiger charge is 2.26. The van der Waals surface area contributed by atoms with Gasteiger partial charge < -0.3 is 19.9 Å². The van der Waals surface area contributed by atoms with E-state index in [4.69, 9.17) is 13.2 Å². The van der Waals surface area contributed by atoms with E-state index in [0.29, 0.717) is 24.3 Å². The van der Waals surface area contributed by atoms with Crippen molar-refractivity contribution in [3.05, 3.63) is 89.2 Å². The van der Waals surface area contributed by atoms with Gasteiger partial charge in [-0.1, -0.05) is 29.8 Å². The molecule has 3 aromatic rings. The summed E-state index contributed by atoms with van der Waals surface area (Å²) in [5, 5.41) is 3.16. The first-order valence-corrected chi connectivity index (χ1v) is 16.9. The summed E-state index contributed by atoms with van der Waals surface area (Å²) in [5.41, 5.74) is 4.73. The Bertz CT molecular complexity index is 1460. The molecule has 3 aliphatic rings. The van der Waals surface area contributed by atoms with Gasteiger partial charge >= 0.3 is 11.6 Å². The number of aromatic nitrogens is 1. The molecule has 2 amide bonds. The SMILES string of the molecule is Cc1ccc(OC2CCN(C(=O)c3ccc(C(=O)NC4CCN(Cc5ccc(N6CCCC6)cc5)CC4)nc3)CC2)cc1.O=S=O. The molecule has 1 aromatic heterocycles. The maximum absolute atomic E-state index is 13.1. The third-order valence-corrected chi connectivity index (χ3v) is 9.03. The fraction of sp³-hybridized carbons (Fsp3) is 0.457. The standard InChI is InChI=1S/C35H43N5O3.O2S/c1-26-4-11-31(12-5-26)43-32-16-22-40(23-17-32)35(42)28-8-13-33(36-24-28)34(41)37-29-14-20-38(21-15-29)25-27-6-9-30(10-7-27)39-18-2-3-19-39;1-3-2/h4-13,24,29,32H,2-3,14-23,25H2,1H3,(H,37,41);. The maximum Gasteiger partial charge on any atom is 0.335 e. The zero-order chi connectivity index (χ0) is 32.3. The van der Waals surface area contributed by atoms with Crippen molar-refractivity contribution in [2.24, 2.45) is 0 Å². The van der Waals surface area contributed by atoms with Crippen LogP contribution in [0.1, 0.15) is 70.5 Å². The summed E-state index contributed by atoms with van der Waals surface area (Å²) in [6.07, 6.45) is 7.63. The van der Waals surface area contributed by atoms with Crippen molar-refractivity contribution in [1.82, 2.24) is 20.1 Å². The molecule has 10 nitrogen and oxygen atoms in total. The second kappa shape index (κ2) is 16.5. The predicted octanol–water partition coefficient (Wildman–Crippen LogP) is 4.40. The highest BCUT2D eigenvalue weighted by Crippen LogP contribution is 2.23. The van der Waals surface area contributed by atoms with Gasteiger partial charge in [-0.05, 0) is 74.6 Å². The molecule has 6 rings (SSSR count). The summed E-state index contributed by atoms with van der Waals surface area (Å²) in [4.78, 5) is 37.1. The van der Waals surface area contributed by atoms with Crippen molar-refractivity contribution in [3.63, 3.8) is 0 Å². The number of hydrogen-bond donors (Lipinski definition) is 1. The Kier molecular flexibility index (Phi) is 11.9. The van der Waals surface area contributed by atoms with E-state index in [1.54, 1.807) is 12.1 Å². The van der Waals surface area contributed by atoms with Crippen LogP contribution in [0.25, 0.3) is 0 Å². The first-order valence-electron chi connectivity index (χ1n) is 16.2. The molecule has 3 saturated heterocycles. The van der Waals surface area contributed by atoms with Gasteiger partial charge in [0.2, 0.25) is 0 Å². The topological polar surface area (TPSA) is 112 Å². The van der Waals surface area contributed by atoms with Crippen LogP contribution in [0.5, 0.6) is 5.75 Å². The molecule has 0 saturated carbocycles. The van der Waals surface area contributed by atoms with E-state index in [0.717, 1.165) is 51.1 Å². The Labute approximate surface area is 274 Å². The van der Waals surface area contributed by atoms with E-state index in [1.165, 1.54) is 48.9 Å². The molecule has 244 valence electrons. The molecule has 0 unspecified atom stereocenters. The lowest BCUT2D eigenvalue weighted by molar-refractivity contribution is 0.0594. The van der Waals surface area contributed by atoms with Crippen molar-refractivity contribution in [3.8, 4) is 5.75 Å². The number of carbonyl (C=O) groups excluding carboxylic acids is 2. The molecule has 1 N–H and O–H groups in total. The number of nitrogens with zero attached hydrogens (tertiary/aromatic N) is 4. The first kappa shape index (κ1) is 33.3. The highest BCUT2D eigenvalue weighted by molar-refractivity contribution is 7.51. The van der Waals surface area contributed by atoms with Crippen LogP contribution < -0.4 is 15.0 Å². The number of anilines is 1. The van der Waals surface area contributed by atoms with Gasteiger partial charge in [0, 0.05) is 76.6 Å². The number of likely N-dealkylation sites (tertiary alicyclic amines) is 2. The Hall–Kier alpha value is -4.09. The highest BCUT2D eigenvalue weighted by atomic mass is 32.1. The Balaban J connectivity index is 0.00000134. The predicted molar refractivity (Wildman–Crippen MR) is 178 cm³/mol. The van der Waals surface area contributed by atoms with Gasteiger partial charge in [0.15, 0.2) is 0 Å². The van der Waals surface area contributed by atoms with E-state index in [9.17, 15) is 9.59 Å². The van der Waals surface area contributed by atoms with Gasteiger partial charge in [-0.15, -0.1) is 0 Å². The van der Waals surface area contributed by atoms with Crippen LogP contribution in [0.15, 0.2) is 66.9 Å². The van der Waals surface area contributed by atoms with Gasteiger partial charge in [-0.2, -0.15) is 8.42 Å². The Morgan fingerprint density at radius 1 is 0.848 bits per heavy atom. The lowest BCUT2D eigenvalue weighted by Crippen LogP contribution is -2.44. The number of benzene rings is 2. The maximum atomic E-state index is 13.1. The summed E-state index contributed by atoms with van der Waals surface area (Å²) < 4.78 is 22.7. The van der Waals surface area contributed by atoms with Crippen LogP contribution >= 0.6 is 0 Å². The summed E-state index contributed by atoms with van der Waals surface area (Å²) in [6, 6.07) is 20.6. The van der Waals surface area contributed by atoms with Crippen LogP contribution in [0, 0.1) is 6.92 Å². The molecule has 11 heteroatoms. The fourth-order valence-corrected chi connectivity index (χ4v) is 6.36. The van der Waals surface area contributed by atoms with Crippen molar-refractivity contribution >= 4 is 29.1 Å². The van der Waals surface area contributed by atoms with E-state index in [1.807, 2.05) is 29.2 Å². The number of carbonyl (C=O) groups is 2. The molecule has 0 spiro atoms. The molecule has 0 atom stereocenters. The second-order valence-electron chi connectivity index (χ2n) is 12.3. The van der Waals surface area contributed by atoms with Crippen molar-refractivity contribution in [1.29, 1.82) is 0 Å². The smallest absolute Gasteiger partial charge is 0.335 e. The molecule has 2 aromatic carbocycles. The average molecular weight is 646 g/mol. The van der Waals surface area contributed by atoms with Gasteiger partial charge in [-0.3, -0.25) is 19.5 Å². The van der Waals surface area contributed by atoms with Crippen molar-refractivity contribution in [2.45, 2.75) is 64.1 Å². The molecular weight excluding hydrogens is 602 g/mol. The van der Waals surface area contributed by atoms with Crippen molar-refractivity contribution in [2.75, 3.05) is 44.2 Å². The third kappa shape index (κ3) is 9.23. The number of amides is 2. The monoisotopic (exact) mass is 645 g/mol. The minimum Gasteiger partial charge on any atom is -0.490 e. The van der Waals surface area contributed by atoms with Gasteiger partial charge in [0.25, 0.3) is 11.8 Å². The lowest BCUT2D eigenvalue weighted by atomic mass is 10.0. The number of pyridine rings is 1. The number of nitrogens with one attached hydrogen (secondary N) is 1. The third-order valence-electron chi connectivity index (χ3n) is 9.03. The number of rotatable bonds is 8. The largest absolute Gasteiger partial charge is 0.490 e. The first-order chi connectivity index (χ1) is 22.4. The number of piperidine rings is 2.